The summed E-state index contributed by atoms with van der Waals surface area (Å²) in [6.45, 7) is 5.13. The number of carbonyl (C=O) groups excluding carboxylic acids is 2. The second-order valence-corrected chi connectivity index (χ2v) is 11.4. The van der Waals surface area contributed by atoms with Crippen molar-refractivity contribution < 1.29 is 14.3 Å². The molecule has 0 aromatic rings. The first kappa shape index (κ1) is 37.4. The Kier molecular flexibility index (Phi) is 25.5. The van der Waals surface area contributed by atoms with Gasteiger partial charge in [0.25, 0.3) is 0 Å². The van der Waals surface area contributed by atoms with Crippen LogP contribution in [0.1, 0.15) is 168 Å². The summed E-state index contributed by atoms with van der Waals surface area (Å²) in [7, 11) is 0. The SMILES string of the molecule is CCCCCCCCCCCCCCOC(=O)C(N)(CCCN=C(N)N)C(=O)CCCCCCCCCCC. The van der Waals surface area contributed by atoms with Crippen molar-refractivity contribution in [3.8, 4) is 0 Å². The summed E-state index contributed by atoms with van der Waals surface area (Å²) >= 11 is 0. The largest absolute Gasteiger partial charge is 0.464 e. The van der Waals surface area contributed by atoms with E-state index in [1.807, 2.05) is 0 Å². The van der Waals surface area contributed by atoms with Gasteiger partial charge in [-0.25, -0.2) is 4.79 Å². The molecule has 0 aromatic carbocycles. The molecule has 0 heterocycles. The molecule has 0 fully saturated rings. The van der Waals surface area contributed by atoms with Gasteiger partial charge < -0.3 is 21.9 Å². The fourth-order valence-corrected chi connectivity index (χ4v) is 4.98. The molecule has 1 unspecified atom stereocenters. The first-order valence-electron chi connectivity index (χ1n) is 16.4. The van der Waals surface area contributed by atoms with E-state index in [1.165, 1.54) is 96.3 Å². The highest BCUT2D eigenvalue weighted by Crippen LogP contribution is 2.20. The monoisotopic (exact) mass is 552 g/mol. The normalized spacial score (nSPS) is 12.7. The van der Waals surface area contributed by atoms with Crippen LogP contribution in [0.4, 0.5) is 0 Å². The van der Waals surface area contributed by atoms with E-state index >= 15 is 0 Å². The zero-order valence-corrected chi connectivity index (χ0v) is 25.8. The smallest absolute Gasteiger partial charge is 0.333 e. The lowest BCUT2D eigenvalue weighted by atomic mass is 9.86. The fraction of sp³-hybridized carbons (Fsp3) is 0.906. The Morgan fingerprint density at radius 1 is 0.615 bits per heavy atom. The lowest BCUT2D eigenvalue weighted by molar-refractivity contribution is -0.154. The Hall–Kier alpha value is -1.63. The van der Waals surface area contributed by atoms with Crippen LogP contribution in [0.3, 0.4) is 0 Å². The van der Waals surface area contributed by atoms with Crippen LogP contribution in [0.2, 0.25) is 0 Å². The highest BCUT2D eigenvalue weighted by molar-refractivity contribution is 6.08. The molecule has 230 valence electrons. The van der Waals surface area contributed by atoms with Gasteiger partial charge in [0.05, 0.1) is 6.61 Å². The summed E-state index contributed by atoms with van der Waals surface area (Å²) in [4.78, 5) is 30.0. The van der Waals surface area contributed by atoms with Crippen molar-refractivity contribution in [1.82, 2.24) is 0 Å². The van der Waals surface area contributed by atoms with Crippen molar-refractivity contribution in [3.05, 3.63) is 0 Å². The molecule has 0 aromatic heterocycles. The molecule has 0 saturated heterocycles. The van der Waals surface area contributed by atoms with E-state index in [-0.39, 0.29) is 18.2 Å². The highest BCUT2D eigenvalue weighted by Gasteiger charge is 2.42. The number of unbranched alkanes of at least 4 members (excludes halogenated alkanes) is 19. The first-order chi connectivity index (χ1) is 18.9. The molecule has 7 nitrogen and oxygen atoms in total. The van der Waals surface area contributed by atoms with Gasteiger partial charge >= 0.3 is 5.97 Å². The van der Waals surface area contributed by atoms with Crippen LogP contribution >= 0.6 is 0 Å². The molecule has 1 atom stereocenters. The van der Waals surface area contributed by atoms with Gasteiger partial charge in [-0.1, -0.05) is 136 Å². The van der Waals surface area contributed by atoms with Crippen LogP contribution in [0.5, 0.6) is 0 Å². The van der Waals surface area contributed by atoms with Crippen molar-refractivity contribution >= 4 is 17.7 Å². The van der Waals surface area contributed by atoms with Crippen molar-refractivity contribution in [3.63, 3.8) is 0 Å². The maximum atomic E-state index is 13.1. The maximum absolute atomic E-state index is 13.1. The minimum atomic E-state index is -1.61. The second kappa shape index (κ2) is 26.6. The number of rotatable bonds is 29. The van der Waals surface area contributed by atoms with E-state index in [9.17, 15) is 9.59 Å². The van der Waals surface area contributed by atoms with Crippen LogP contribution in [0.25, 0.3) is 0 Å². The summed E-state index contributed by atoms with van der Waals surface area (Å²) in [6, 6.07) is 0. The van der Waals surface area contributed by atoms with E-state index < -0.39 is 11.5 Å². The molecular weight excluding hydrogens is 488 g/mol. The van der Waals surface area contributed by atoms with Gasteiger partial charge in [0.15, 0.2) is 17.3 Å². The highest BCUT2D eigenvalue weighted by atomic mass is 16.5. The number of nitrogens with zero attached hydrogens (tertiary/aromatic N) is 1. The predicted octanol–water partition coefficient (Wildman–Crippen LogP) is 7.47. The third-order valence-electron chi connectivity index (χ3n) is 7.62. The Labute approximate surface area is 240 Å². The van der Waals surface area contributed by atoms with Crippen LogP contribution in [-0.2, 0) is 14.3 Å². The minimum absolute atomic E-state index is 0.00630. The molecule has 39 heavy (non-hydrogen) atoms. The number of Topliss-reactive ketones (excluding diaryl/α,β-unsaturated/α-hetero) is 1. The molecular formula is C32H64N4O3. The lowest BCUT2D eigenvalue weighted by Crippen LogP contribution is -2.56. The number of carbonyl (C=O) groups is 2. The summed E-state index contributed by atoms with van der Waals surface area (Å²) in [5.41, 5.74) is 15.6. The van der Waals surface area contributed by atoms with E-state index in [0.717, 1.165) is 38.5 Å². The van der Waals surface area contributed by atoms with Crippen LogP contribution in [0, 0.1) is 0 Å². The predicted molar refractivity (Wildman–Crippen MR) is 166 cm³/mol. The number of guanidine groups is 1. The van der Waals surface area contributed by atoms with E-state index in [0.29, 0.717) is 26.0 Å². The number of ether oxygens (including phenoxy) is 1. The first-order valence-corrected chi connectivity index (χ1v) is 16.4. The van der Waals surface area contributed by atoms with Crippen molar-refractivity contribution in [2.24, 2.45) is 22.2 Å². The molecule has 0 aliphatic carbocycles. The summed E-state index contributed by atoms with van der Waals surface area (Å²) < 4.78 is 5.52. The van der Waals surface area contributed by atoms with Gasteiger partial charge in [-0.05, 0) is 25.7 Å². The lowest BCUT2D eigenvalue weighted by Gasteiger charge is -2.26. The van der Waals surface area contributed by atoms with Gasteiger partial charge in [-0.15, -0.1) is 0 Å². The summed E-state index contributed by atoms with van der Waals surface area (Å²) in [5, 5.41) is 0. The van der Waals surface area contributed by atoms with Crippen molar-refractivity contribution in [2.45, 2.75) is 173 Å². The average Bonchev–Trinajstić information content (AvgIpc) is 2.92. The zero-order valence-electron chi connectivity index (χ0n) is 25.8. The van der Waals surface area contributed by atoms with Crippen LogP contribution in [0.15, 0.2) is 4.99 Å². The maximum Gasteiger partial charge on any atom is 0.333 e. The number of nitrogens with two attached hydrogens (primary N) is 3. The standard InChI is InChI=1S/C32H64N4O3/c1-3-5-7-9-11-13-14-15-17-19-21-23-28-39-30(38)32(35,26-24-27-36-31(33)34)29(37)25-22-20-18-16-12-10-8-6-4-2/h3-28,35H2,1-2H3,(H4,33,34,36). The number of hydrogen-bond donors (Lipinski definition) is 3. The van der Waals surface area contributed by atoms with E-state index in [4.69, 9.17) is 21.9 Å². The van der Waals surface area contributed by atoms with Gasteiger partial charge in [0.1, 0.15) is 0 Å². The van der Waals surface area contributed by atoms with Gasteiger partial charge in [-0.3, -0.25) is 9.79 Å². The van der Waals surface area contributed by atoms with Gasteiger partial charge in [-0.2, -0.15) is 0 Å². The molecule has 6 N–H and O–H groups in total. The Morgan fingerprint density at radius 2 is 1.03 bits per heavy atom. The van der Waals surface area contributed by atoms with Crippen LogP contribution in [-0.4, -0.2) is 36.4 Å². The van der Waals surface area contributed by atoms with Crippen molar-refractivity contribution in [1.29, 1.82) is 0 Å². The number of esters is 1. The third-order valence-corrected chi connectivity index (χ3v) is 7.62. The fourth-order valence-electron chi connectivity index (χ4n) is 4.98. The molecule has 0 saturated carbocycles. The zero-order chi connectivity index (χ0) is 29.0. The number of aliphatic imine (C=N–C) groups is 1. The minimum Gasteiger partial charge on any atom is -0.464 e. The molecule has 7 heteroatoms. The Bertz CT molecular complexity index is 623. The summed E-state index contributed by atoms with van der Waals surface area (Å²) in [5.74, 6) is -0.834. The van der Waals surface area contributed by atoms with Gasteiger partial charge in [0, 0.05) is 13.0 Å². The average molecular weight is 553 g/mol. The Balaban J connectivity index is 4.29. The molecule has 0 bridgehead atoms. The molecule has 0 rings (SSSR count). The molecule has 0 spiro atoms. The topological polar surface area (TPSA) is 134 Å². The molecule has 0 radical (unpaired) electrons. The molecule has 0 aliphatic heterocycles. The Morgan fingerprint density at radius 3 is 1.46 bits per heavy atom. The molecule has 0 amide bonds. The van der Waals surface area contributed by atoms with E-state index in [2.05, 4.69) is 18.8 Å². The third kappa shape index (κ3) is 21.8. The second-order valence-electron chi connectivity index (χ2n) is 11.4. The van der Waals surface area contributed by atoms with Gasteiger partial charge in [0.2, 0.25) is 0 Å². The summed E-state index contributed by atoms with van der Waals surface area (Å²) in [6.07, 6.45) is 26.4. The number of hydrogen-bond acceptors (Lipinski definition) is 5. The van der Waals surface area contributed by atoms with Crippen LogP contribution < -0.4 is 17.2 Å². The quantitative estimate of drug-likeness (QED) is 0.0290. The number of ketones is 1. The van der Waals surface area contributed by atoms with E-state index in [1.54, 1.807) is 0 Å². The molecule has 0 aliphatic rings. The van der Waals surface area contributed by atoms with Crippen molar-refractivity contribution in [2.75, 3.05) is 13.2 Å².